The fraction of sp³-hybridized carbons (Fsp3) is 0.227. The minimum absolute atomic E-state index is 0.115. The van der Waals surface area contributed by atoms with E-state index < -0.39 is 11.7 Å². The van der Waals surface area contributed by atoms with Crippen LogP contribution in [0.4, 0.5) is 10.1 Å². The summed E-state index contributed by atoms with van der Waals surface area (Å²) in [5.41, 5.74) is 8.29. The van der Waals surface area contributed by atoms with Gasteiger partial charge in [-0.3, -0.25) is 14.7 Å². The zero-order valence-electron chi connectivity index (χ0n) is 16.5. The molecule has 30 heavy (non-hydrogen) atoms. The first-order valence-corrected chi connectivity index (χ1v) is 9.55. The number of anilines is 1. The summed E-state index contributed by atoms with van der Waals surface area (Å²) in [6.45, 7) is 3.65. The summed E-state index contributed by atoms with van der Waals surface area (Å²) in [7, 11) is 0. The molecule has 1 aliphatic heterocycles. The number of carbonyl (C=O) groups excluding carboxylic acids is 1. The van der Waals surface area contributed by atoms with Crippen molar-refractivity contribution in [3.8, 4) is 0 Å². The molecule has 0 aliphatic carbocycles. The molecule has 0 bridgehead atoms. The summed E-state index contributed by atoms with van der Waals surface area (Å²) in [6.07, 6.45) is 8.42. The fourth-order valence-corrected chi connectivity index (χ4v) is 3.13. The molecule has 7 nitrogen and oxygen atoms in total. The largest absolute Gasteiger partial charge is 0.404 e. The number of morpholine rings is 1. The number of halogens is 1. The zero-order valence-corrected chi connectivity index (χ0v) is 16.5. The molecule has 0 spiro atoms. The lowest BCUT2D eigenvalue weighted by atomic mass is 10.0. The number of amides is 1. The number of nitrogens with two attached hydrogens (primary N) is 1. The second kappa shape index (κ2) is 10.4. The van der Waals surface area contributed by atoms with Gasteiger partial charge in [-0.25, -0.2) is 4.39 Å². The van der Waals surface area contributed by atoms with Gasteiger partial charge in [-0.1, -0.05) is 6.07 Å². The van der Waals surface area contributed by atoms with Gasteiger partial charge in [0.25, 0.3) is 0 Å². The number of aromatic nitrogens is 1. The number of ether oxygens (including phenoxy) is 1. The molecular formula is C22H24FN5O2. The van der Waals surface area contributed by atoms with Crippen LogP contribution in [0.1, 0.15) is 16.7 Å². The first-order chi connectivity index (χ1) is 14.6. The number of nitrogens with zero attached hydrogens (tertiary/aromatic N) is 2. The van der Waals surface area contributed by atoms with Gasteiger partial charge in [-0.2, -0.15) is 0 Å². The van der Waals surface area contributed by atoms with E-state index in [-0.39, 0.29) is 5.69 Å². The summed E-state index contributed by atoms with van der Waals surface area (Å²) in [4.78, 5) is 18.5. The van der Waals surface area contributed by atoms with Gasteiger partial charge in [0, 0.05) is 61.7 Å². The number of carbonyl (C=O) groups is 1. The Hall–Kier alpha value is -3.36. The van der Waals surface area contributed by atoms with Gasteiger partial charge in [0.1, 0.15) is 5.82 Å². The van der Waals surface area contributed by atoms with E-state index in [1.165, 1.54) is 18.3 Å². The molecular weight excluding hydrogens is 385 g/mol. The van der Waals surface area contributed by atoms with Gasteiger partial charge < -0.3 is 21.2 Å². The minimum Gasteiger partial charge on any atom is -0.404 e. The molecule has 0 radical (unpaired) electrons. The van der Waals surface area contributed by atoms with Crippen molar-refractivity contribution >= 4 is 29.5 Å². The third kappa shape index (κ3) is 5.59. The van der Waals surface area contributed by atoms with Crippen LogP contribution in [0.15, 0.2) is 48.9 Å². The van der Waals surface area contributed by atoms with E-state index in [0.29, 0.717) is 36.5 Å². The van der Waals surface area contributed by atoms with Crippen molar-refractivity contribution in [1.82, 2.24) is 9.88 Å². The molecule has 0 unspecified atom stereocenters. The maximum atomic E-state index is 14.5. The molecule has 2 aromatic rings. The third-order valence-corrected chi connectivity index (χ3v) is 4.71. The maximum Gasteiger partial charge on any atom is 0.248 e. The van der Waals surface area contributed by atoms with E-state index in [1.807, 2.05) is 0 Å². The maximum absolute atomic E-state index is 14.5. The van der Waals surface area contributed by atoms with E-state index in [0.717, 1.165) is 24.9 Å². The van der Waals surface area contributed by atoms with Crippen molar-refractivity contribution in [3.05, 3.63) is 71.4 Å². The summed E-state index contributed by atoms with van der Waals surface area (Å²) in [5.74, 6) is -0.959. The standard InChI is InChI=1S/C22H24FN5O2/c23-20-11-16(15-28-7-9-30-10-8-28)1-3-21(20)27-22(29)4-2-17-14-26-6-5-19(17)18(12-24)13-25/h1-6,11-14,24H,7-10,15,25H2,(H,27,29)/b4-2+,18-13?,24-12?. The quantitative estimate of drug-likeness (QED) is 0.482. The highest BCUT2D eigenvalue weighted by Crippen LogP contribution is 2.19. The Morgan fingerprint density at radius 2 is 2.13 bits per heavy atom. The van der Waals surface area contributed by atoms with Crippen LogP contribution in [0.25, 0.3) is 11.6 Å². The van der Waals surface area contributed by atoms with Crippen LogP contribution in [-0.4, -0.2) is 48.3 Å². The van der Waals surface area contributed by atoms with E-state index in [1.54, 1.807) is 36.7 Å². The summed E-state index contributed by atoms with van der Waals surface area (Å²) in [6, 6.07) is 6.51. The topological polar surface area (TPSA) is 104 Å². The molecule has 1 aliphatic rings. The van der Waals surface area contributed by atoms with Crippen molar-refractivity contribution in [3.63, 3.8) is 0 Å². The van der Waals surface area contributed by atoms with Crippen molar-refractivity contribution in [1.29, 1.82) is 5.41 Å². The van der Waals surface area contributed by atoms with E-state index in [9.17, 15) is 9.18 Å². The van der Waals surface area contributed by atoms with Crippen molar-refractivity contribution in [2.75, 3.05) is 31.6 Å². The lowest BCUT2D eigenvalue weighted by molar-refractivity contribution is -0.111. The predicted molar refractivity (Wildman–Crippen MR) is 115 cm³/mol. The average Bonchev–Trinajstić information content (AvgIpc) is 2.76. The van der Waals surface area contributed by atoms with Gasteiger partial charge in [0.05, 0.1) is 18.9 Å². The van der Waals surface area contributed by atoms with Crippen LogP contribution in [0.5, 0.6) is 0 Å². The summed E-state index contributed by atoms with van der Waals surface area (Å²) in [5, 5.41) is 9.98. The third-order valence-electron chi connectivity index (χ3n) is 4.71. The fourth-order valence-electron chi connectivity index (χ4n) is 3.13. The molecule has 1 fully saturated rings. The molecule has 1 saturated heterocycles. The van der Waals surface area contributed by atoms with Gasteiger partial charge in [-0.05, 0) is 35.4 Å². The van der Waals surface area contributed by atoms with E-state index in [2.05, 4.69) is 15.2 Å². The van der Waals surface area contributed by atoms with E-state index in [4.69, 9.17) is 15.9 Å². The molecule has 1 amide bonds. The Morgan fingerprint density at radius 3 is 2.83 bits per heavy atom. The van der Waals surface area contributed by atoms with Gasteiger partial charge in [0.15, 0.2) is 0 Å². The molecule has 1 aromatic heterocycles. The molecule has 1 aromatic carbocycles. The molecule has 4 N–H and O–H groups in total. The first-order valence-electron chi connectivity index (χ1n) is 9.55. The van der Waals surface area contributed by atoms with Crippen molar-refractivity contribution in [2.45, 2.75) is 6.54 Å². The summed E-state index contributed by atoms with van der Waals surface area (Å²) >= 11 is 0. The van der Waals surface area contributed by atoms with Gasteiger partial charge >= 0.3 is 0 Å². The Morgan fingerprint density at radius 1 is 1.33 bits per heavy atom. The smallest absolute Gasteiger partial charge is 0.248 e. The monoisotopic (exact) mass is 409 g/mol. The van der Waals surface area contributed by atoms with Crippen molar-refractivity contribution in [2.24, 2.45) is 5.73 Å². The van der Waals surface area contributed by atoms with E-state index >= 15 is 0 Å². The lowest BCUT2D eigenvalue weighted by Crippen LogP contribution is -2.35. The number of hydrogen-bond acceptors (Lipinski definition) is 6. The molecule has 0 saturated carbocycles. The van der Waals surface area contributed by atoms with Crippen molar-refractivity contribution < 1.29 is 13.9 Å². The predicted octanol–water partition coefficient (Wildman–Crippen LogP) is 2.65. The Kier molecular flexibility index (Phi) is 7.42. The number of allylic oxidation sites excluding steroid dienone is 1. The molecule has 0 atom stereocenters. The second-order valence-corrected chi connectivity index (χ2v) is 6.75. The average molecular weight is 409 g/mol. The number of hydrogen-bond donors (Lipinski definition) is 3. The zero-order chi connectivity index (χ0) is 21.3. The van der Waals surface area contributed by atoms with Crippen LogP contribution in [0.3, 0.4) is 0 Å². The Balaban J connectivity index is 1.66. The normalized spacial score (nSPS) is 15.3. The van der Waals surface area contributed by atoms with Crippen LogP contribution >= 0.6 is 0 Å². The SMILES string of the molecule is N=CC(=CN)c1ccncc1/C=C/C(=O)Nc1ccc(CN2CCOCC2)cc1F. The number of benzene rings is 1. The highest BCUT2D eigenvalue weighted by molar-refractivity contribution is 6.10. The Bertz CT molecular complexity index is 968. The minimum atomic E-state index is -0.485. The van der Waals surface area contributed by atoms with Gasteiger partial charge in [-0.15, -0.1) is 0 Å². The highest BCUT2D eigenvalue weighted by atomic mass is 19.1. The van der Waals surface area contributed by atoms with Crippen LogP contribution in [0.2, 0.25) is 0 Å². The number of rotatable bonds is 7. The highest BCUT2D eigenvalue weighted by Gasteiger charge is 2.12. The van der Waals surface area contributed by atoms with Crippen LogP contribution in [0, 0.1) is 11.2 Å². The number of pyridine rings is 1. The number of nitrogens with one attached hydrogen (secondary N) is 2. The Labute approximate surface area is 174 Å². The second-order valence-electron chi connectivity index (χ2n) is 6.75. The van der Waals surface area contributed by atoms with Crippen LogP contribution in [-0.2, 0) is 16.1 Å². The van der Waals surface area contributed by atoms with Gasteiger partial charge in [0.2, 0.25) is 5.91 Å². The molecule has 156 valence electrons. The lowest BCUT2D eigenvalue weighted by Gasteiger charge is -2.26. The molecule has 2 heterocycles. The van der Waals surface area contributed by atoms with Crippen LogP contribution < -0.4 is 11.1 Å². The first kappa shape index (κ1) is 21.4. The molecule has 8 heteroatoms. The summed E-state index contributed by atoms with van der Waals surface area (Å²) < 4.78 is 19.8. The molecule has 3 rings (SSSR count).